The molecule has 5 N–H and O–H groups in total. The predicted molar refractivity (Wildman–Crippen MR) is 96.3 cm³/mol. The second-order valence-corrected chi connectivity index (χ2v) is 7.37. The predicted octanol–water partition coefficient (Wildman–Crippen LogP) is 1.21. The molecular formula is C20H20O8. The lowest BCUT2D eigenvalue weighted by Crippen LogP contribution is -2.45. The van der Waals surface area contributed by atoms with E-state index in [0.717, 1.165) is 6.07 Å². The van der Waals surface area contributed by atoms with Crippen LogP contribution in [0.15, 0.2) is 24.3 Å². The van der Waals surface area contributed by atoms with Crippen molar-refractivity contribution in [2.24, 2.45) is 0 Å². The highest BCUT2D eigenvalue weighted by molar-refractivity contribution is 6.07. The third-order valence-electron chi connectivity index (χ3n) is 5.34. The largest absolute Gasteiger partial charge is 0.508 e. The summed E-state index contributed by atoms with van der Waals surface area (Å²) in [5.41, 5.74) is -0.699. The Labute approximate surface area is 160 Å². The average molecular weight is 388 g/mol. The minimum Gasteiger partial charge on any atom is -0.508 e. The van der Waals surface area contributed by atoms with Gasteiger partial charge >= 0.3 is 0 Å². The van der Waals surface area contributed by atoms with Crippen molar-refractivity contribution in [3.05, 3.63) is 41.0 Å². The van der Waals surface area contributed by atoms with Gasteiger partial charge in [0, 0.05) is 29.7 Å². The fourth-order valence-electron chi connectivity index (χ4n) is 3.66. The summed E-state index contributed by atoms with van der Waals surface area (Å²) in [7, 11) is 0. The molecule has 0 aliphatic carbocycles. The van der Waals surface area contributed by atoms with E-state index in [9.17, 15) is 30.3 Å². The molecule has 2 aliphatic heterocycles. The summed E-state index contributed by atoms with van der Waals surface area (Å²) in [4.78, 5) is 13.1. The number of phenolic OH excluding ortho intramolecular Hbond substituents is 3. The van der Waals surface area contributed by atoms with E-state index in [1.54, 1.807) is 0 Å². The summed E-state index contributed by atoms with van der Waals surface area (Å²) >= 11 is 0. The summed E-state index contributed by atoms with van der Waals surface area (Å²) in [5, 5.41) is 49.6. The van der Waals surface area contributed by atoms with Crippen molar-refractivity contribution < 1.29 is 39.8 Å². The molecule has 0 saturated carbocycles. The number of benzene rings is 2. The van der Waals surface area contributed by atoms with E-state index < -0.39 is 30.0 Å². The van der Waals surface area contributed by atoms with Crippen molar-refractivity contribution >= 4 is 5.78 Å². The zero-order chi connectivity index (χ0) is 20.2. The Morgan fingerprint density at radius 3 is 2.61 bits per heavy atom. The van der Waals surface area contributed by atoms with Gasteiger partial charge in [-0.25, -0.2) is 0 Å². The maximum atomic E-state index is 13.1. The van der Waals surface area contributed by atoms with Crippen molar-refractivity contribution in [3.8, 4) is 28.7 Å². The molecule has 2 aliphatic rings. The van der Waals surface area contributed by atoms with Crippen molar-refractivity contribution in [2.45, 2.75) is 31.0 Å². The lowest BCUT2D eigenvalue weighted by atomic mass is 9.86. The monoisotopic (exact) mass is 388 g/mol. The van der Waals surface area contributed by atoms with Gasteiger partial charge in [-0.3, -0.25) is 4.79 Å². The van der Waals surface area contributed by atoms with Crippen LogP contribution in [0, 0.1) is 0 Å². The smallest absolute Gasteiger partial charge is 0.181 e. The quantitative estimate of drug-likeness (QED) is 0.529. The molecule has 148 valence electrons. The number of fused-ring (bicyclic) bond motifs is 3. The van der Waals surface area contributed by atoms with Crippen LogP contribution < -0.4 is 9.47 Å². The number of carbonyl (C=O) groups is 1. The van der Waals surface area contributed by atoms with Crippen LogP contribution in [-0.4, -0.2) is 56.2 Å². The van der Waals surface area contributed by atoms with Crippen LogP contribution in [0.4, 0.5) is 0 Å². The second kappa shape index (κ2) is 6.29. The molecule has 0 radical (unpaired) electrons. The number of aromatic hydroxyl groups is 3. The van der Waals surface area contributed by atoms with E-state index in [-0.39, 0.29) is 52.9 Å². The molecule has 3 atom stereocenters. The summed E-state index contributed by atoms with van der Waals surface area (Å²) in [6.07, 6.45) is -0.551. The minimum absolute atomic E-state index is 0.0182. The normalized spacial score (nSPS) is 22.6. The van der Waals surface area contributed by atoms with Crippen LogP contribution in [0.25, 0.3) is 0 Å². The van der Waals surface area contributed by atoms with Gasteiger partial charge in [0.25, 0.3) is 0 Å². The van der Waals surface area contributed by atoms with E-state index in [0.29, 0.717) is 5.56 Å². The van der Waals surface area contributed by atoms with Gasteiger partial charge in [-0.15, -0.1) is 0 Å². The lowest BCUT2D eigenvalue weighted by molar-refractivity contribution is -0.0730. The number of carbonyl (C=O) groups excluding carboxylic acids is 1. The first kappa shape index (κ1) is 18.4. The maximum absolute atomic E-state index is 13.1. The zero-order valence-electron chi connectivity index (χ0n) is 15.0. The Morgan fingerprint density at radius 1 is 1.18 bits per heavy atom. The fraction of sp³-hybridized carbons (Fsp3) is 0.350. The number of ether oxygens (including phenoxy) is 2. The Kier molecular flexibility index (Phi) is 4.13. The first-order chi connectivity index (χ1) is 13.2. The van der Waals surface area contributed by atoms with Gasteiger partial charge in [-0.2, -0.15) is 0 Å². The van der Waals surface area contributed by atoms with Crippen LogP contribution in [0.3, 0.4) is 0 Å². The van der Waals surface area contributed by atoms with E-state index in [4.69, 9.17) is 9.47 Å². The molecule has 28 heavy (non-hydrogen) atoms. The molecule has 2 heterocycles. The molecule has 0 spiro atoms. The van der Waals surface area contributed by atoms with Crippen molar-refractivity contribution in [1.29, 1.82) is 0 Å². The van der Waals surface area contributed by atoms with Crippen molar-refractivity contribution in [3.63, 3.8) is 0 Å². The van der Waals surface area contributed by atoms with E-state index in [1.807, 2.05) is 0 Å². The molecule has 8 heteroatoms. The number of hydrogen-bond donors (Lipinski definition) is 5. The molecule has 2 aromatic rings. The maximum Gasteiger partial charge on any atom is 0.181 e. The number of ketones is 1. The lowest BCUT2D eigenvalue weighted by Gasteiger charge is -2.27. The summed E-state index contributed by atoms with van der Waals surface area (Å²) in [5.74, 6) is -1.51. The van der Waals surface area contributed by atoms with Gasteiger partial charge in [0.05, 0.1) is 12.5 Å². The van der Waals surface area contributed by atoms with Crippen LogP contribution in [0.5, 0.6) is 28.7 Å². The second-order valence-electron chi connectivity index (χ2n) is 7.37. The molecule has 0 saturated heterocycles. The molecule has 0 bridgehead atoms. The van der Waals surface area contributed by atoms with Crippen molar-refractivity contribution in [1.82, 2.24) is 0 Å². The minimum atomic E-state index is -1.50. The van der Waals surface area contributed by atoms with Crippen molar-refractivity contribution in [2.75, 3.05) is 13.2 Å². The topological polar surface area (TPSA) is 137 Å². The number of aliphatic hydroxyl groups excluding tert-OH is 1. The highest BCUT2D eigenvalue weighted by atomic mass is 16.5. The number of phenols is 3. The summed E-state index contributed by atoms with van der Waals surface area (Å²) in [6, 6.07) is 5.22. The molecule has 0 amide bonds. The van der Waals surface area contributed by atoms with Crippen LogP contribution in [0.1, 0.15) is 34.3 Å². The Morgan fingerprint density at radius 2 is 1.93 bits per heavy atom. The summed E-state index contributed by atoms with van der Waals surface area (Å²) < 4.78 is 11.4. The van der Waals surface area contributed by atoms with Gasteiger partial charge in [-0.05, 0) is 13.0 Å². The Balaban J connectivity index is 1.73. The SMILES string of the molecule is CC(O)(CO)C1Cc2c(cc(O)c3c2OCC(c2ccc(O)cc2O)C3=O)O1. The third-order valence-corrected chi connectivity index (χ3v) is 5.34. The van der Waals surface area contributed by atoms with Gasteiger partial charge in [-0.1, -0.05) is 6.07 Å². The van der Waals surface area contributed by atoms with Crippen LogP contribution >= 0.6 is 0 Å². The highest BCUT2D eigenvalue weighted by Gasteiger charge is 2.43. The summed E-state index contributed by atoms with van der Waals surface area (Å²) in [6.45, 7) is 0.856. The van der Waals surface area contributed by atoms with Crippen LogP contribution in [0.2, 0.25) is 0 Å². The molecule has 0 aromatic heterocycles. The standard InChI is InChI=1S/C20H20O8/c1-20(26,8-21)16-5-11-15(28-16)6-14(24)17-18(25)12(7-27-19(11)17)10-3-2-9(22)4-13(10)23/h2-4,6,12,16,21-24,26H,5,7-8H2,1H3. The molecule has 2 aromatic carbocycles. The molecule has 3 unspecified atom stereocenters. The van der Waals surface area contributed by atoms with E-state index >= 15 is 0 Å². The van der Waals surface area contributed by atoms with E-state index in [1.165, 1.54) is 25.1 Å². The van der Waals surface area contributed by atoms with Crippen LogP contribution in [-0.2, 0) is 6.42 Å². The first-order valence-electron chi connectivity index (χ1n) is 8.80. The number of hydrogen-bond acceptors (Lipinski definition) is 8. The fourth-order valence-corrected chi connectivity index (χ4v) is 3.66. The average Bonchev–Trinajstić information content (AvgIpc) is 3.07. The molecular weight excluding hydrogens is 368 g/mol. The van der Waals surface area contributed by atoms with Gasteiger partial charge in [0.2, 0.25) is 0 Å². The highest BCUT2D eigenvalue weighted by Crippen LogP contribution is 2.49. The van der Waals surface area contributed by atoms with Gasteiger partial charge in [0.15, 0.2) is 5.78 Å². The first-order valence-corrected chi connectivity index (χ1v) is 8.80. The zero-order valence-corrected chi connectivity index (χ0v) is 15.0. The number of aliphatic hydroxyl groups is 2. The third kappa shape index (κ3) is 2.73. The number of rotatable bonds is 3. The van der Waals surface area contributed by atoms with Gasteiger partial charge < -0.3 is 35.0 Å². The van der Waals surface area contributed by atoms with Gasteiger partial charge in [0.1, 0.15) is 52.6 Å². The number of Topliss-reactive ketones (excluding diaryl/α,β-unsaturated/α-hetero) is 1. The molecule has 0 fully saturated rings. The molecule has 4 rings (SSSR count). The Bertz CT molecular complexity index is 965. The molecule has 8 nitrogen and oxygen atoms in total. The Hall–Kier alpha value is -2.97. The van der Waals surface area contributed by atoms with E-state index in [2.05, 4.69) is 0 Å².